The molecule has 3 atom stereocenters. The fourth-order valence-corrected chi connectivity index (χ4v) is 2.07. The van der Waals surface area contributed by atoms with Gasteiger partial charge in [-0.15, -0.1) is 0 Å². The average molecular weight is 236 g/mol. The van der Waals surface area contributed by atoms with Gasteiger partial charge in [0.15, 0.2) is 0 Å². The summed E-state index contributed by atoms with van der Waals surface area (Å²) in [7, 11) is 0.351. The third kappa shape index (κ3) is 6.59. The first-order valence-electron chi connectivity index (χ1n) is 4.88. The molecule has 6 heteroatoms. The Kier molecular flexibility index (Phi) is 7.54. The van der Waals surface area contributed by atoms with Crippen molar-refractivity contribution in [2.45, 2.75) is 25.1 Å². The summed E-state index contributed by atoms with van der Waals surface area (Å²) in [4.78, 5) is 11.4. The number of hydrogen-bond acceptors (Lipinski definition) is 4. The predicted octanol–water partition coefficient (Wildman–Crippen LogP) is -0.767. The van der Waals surface area contributed by atoms with Crippen LogP contribution < -0.4 is 11.1 Å². The maximum atomic E-state index is 11.6. The molecule has 0 rings (SSSR count). The van der Waals surface area contributed by atoms with E-state index in [-0.39, 0.29) is 11.9 Å². The van der Waals surface area contributed by atoms with E-state index in [4.69, 9.17) is 10.5 Å². The number of hydrogen-bond donors (Lipinski definition) is 2. The predicted molar refractivity (Wildman–Crippen MR) is 61.0 cm³/mol. The van der Waals surface area contributed by atoms with Crippen LogP contribution in [0.15, 0.2) is 0 Å². The van der Waals surface area contributed by atoms with Gasteiger partial charge in [-0.1, -0.05) is 0 Å². The lowest BCUT2D eigenvalue weighted by atomic mass is 10.4. The van der Waals surface area contributed by atoms with Gasteiger partial charge in [0, 0.05) is 36.2 Å². The highest BCUT2D eigenvalue weighted by atomic mass is 32.2. The van der Waals surface area contributed by atoms with Crippen LogP contribution in [0.25, 0.3) is 0 Å². The van der Waals surface area contributed by atoms with Crippen LogP contribution in [0, 0.1) is 0 Å². The zero-order chi connectivity index (χ0) is 11.8. The Morgan fingerprint density at radius 2 is 2.13 bits per heavy atom. The number of amides is 1. The number of carbonyl (C=O) groups is 1. The molecular formula is C9H20N2O3S. The van der Waals surface area contributed by atoms with E-state index in [0.717, 1.165) is 0 Å². The average Bonchev–Trinajstić information content (AvgIpc) is 2.15. The molecule has 0 saturated heterocycles. The van der Waals surface area contributed by atoms with Crippen LogP contribution in [-0.4, -0.2) is 47.4 Å². The van der Waals surface area contributed by atoms with Gasteiger partial charge in [0.05, 0.1) is 6.61 Å². The fourth-order valence-electron chi connectivity index (χ4n) is 0.943. The minimum atomic E-state index is -1.21. The van der Waals surface area contributed by atoms with Crippen molar-refractivity contribution in [1.82, 2.24) is 5.32 Å². The minimum absolute atomic E-state index is 0.153. The standard InChI is InChI=1S/C9H20N2O3S/c1-7(10)6-15(13)8(2)9(12)11-4-5-14-3/h7-8H,4-6,10H2,1-3H3,(H,11,12). The molecule has 0 aliphatic carbocycles. The van der Waals surface area contributed by atoms with Crippen molar-refractivity contribution in [3.63, 3.8) is 0 Å². The molecule has 1 amide bonds. The Hall–Kier alpha value is -0.460. The molecule has 3 unspecified atom stereocenters. The molecule has 3 N–H and O–H groups in total. The number of ether oxygens (including phenoxy) is 1. The number of carbonyl (C=O) groups excluding carboxylic acids is 1. The summed E-state index contributed by atoms with van der Waals surface area (Å²) in [5.41, 5.74) is 5.51. The van der Waals surface area contributed by atoms with Crippen molar-refractivity contribution < 1.29 is 13.7 Å². The lowest BCUT2D eigenvalue weighted by Crippen LogP contribution is -2.39. The molecule has 0 aliphatic heterocycles. The fraction of sp³-hybridized carbons (Fsp3) is 0.889. The highest BCUT2D eigenvalue weighted by Crippen LogP contribution is 1.97. The maximum absolute atomic E-state index is 11.6. The Labute approximate surface area is 93.2 Å². The Bertz CT molecular complexity index is 221. The van der Waals surface area contributed by atoms with Gasteiger partial charge in [-0.25, -0.2) is 0 Å². The van der Waals surface area contributed by atoms with Gasteiger partial charge >= 0.3 is 0 Å². The third-order valence-corrected chi connectivity index (χ3v) is 3.65. The Morgan fingerprint density at radius 3 is 2.60 bits per heavy atom. The molecule has 0 spiro atoms. The molecular weight excluding hydrogens is 216 g/mol. The zero-order valence-electron chi connectivity index (χ0n) is 9.49. The van der Waals surface area contributed by atoms with Gasteiger partial charge in [-0.3, -0.25) is 9.00 Å². The van der Waals surface area contributed by atoms with E-state index in [1.807, 2.05) is 0 Å². The highest BCUT2D eigenvalue weighted by Gasteiger charge is 2.20. The summed E-state index contributed by atoms with van der Waals surface area (Å²) in [5.74, 6) is 0.129. The van der Waals surface area contributed by atoms with Crippen LogP contribution in [0.2, 0.25) is 0 Å². The van der Waals surface area contributed by atoms with Crippen molar-refractivity contribution in [1.29, 1.82) is 0 Å². The molecule has 0 fully saturated rings. The van der Waals surface area contributed by atoms with E-state index in [1.165, 1.54) is 0 Å². The quantitative estimate of drug-likeness (QED) is 0.569. The molecule has 90 valence electrons. The minimum Gasteiger partial charge on any atom is -0.383 e. The van der Waals surface area contributed by atoms with Crippen LogP contribution in [0.5, 0.6) is 0 Å². The summed E-state index contributed by atoms with van der Waals surface area (Å²) >= 11 is 0. The first kappa shape index (κ1) is 14.5. The van der Waals surface area contributed by atoms with Gasteiger partial charge in [-0.05, 0) is 13.8 Å². The number of nitrogens with two attached hydrogens (primary N) is 1. The summed E-state index contributed by atoms with van der Waals surface area (Å²) in [6.45, 7) is 4.31. The van der Waals surface area contributed by atoms with E-state index < -0.39 is 16.0 Å². The van der Waals surface area contributed by atoms with Gasteiger partial charge in [-0.2, -0.15) is 0 Å². The summed E-state index contributed by atoms with van der Waals surface area (Å²) in [5, 5.41) is 2.12. The van der Waals surface area contributed by atoms with Crippen LogP contribution in [0.4, 0.5) is 0 Å². The van der Waals surface area contributed by atoms with Gasteiger partial charge < -0.3 is 15.8 Å². The second-order valence-corrected chi connectivity index (χ2v) is 5.25. The van der Waals surface area contributed by atoms with E-state index in [9.17, 15) is 9.00 Å². The van der Waals surface area contributed by atoms with Gasteiger partial charge in [0.1, 0.15) is 5.25 Å². The molecule has 0 heterocycles. The molecule has 5 nitrogen and oxygen atoms in total. The van der Waals surface area contributed by atoms with Crippen LogP contribution >= 0.6 is 0 Å². The van der Waals surface area contributed by atoms with Gasteiger partial charge in [0.25, 0.3) is 0 Å². The maximum Gasteiger partial charge on any atom is 0.235 e. The Balaban J connectivity index is 3.91. The summed E-state index contributed by atoms with van der Waals surface area (Å²) < 4.78 is 16.4. The monoisotopic (exact) mass is 236 g/mol. The van der Waals surface area contributed by atoms with Crippen molar-refractivity contribution in [3.8, 4) is 0 Å². The van der Waals surface area contributed by atoms with Crippen molar-refractivity contribution >= 4 is 16.7 Å². The summed E-state index contributed by atoms with van der Waals surface area (Å²) in [6.07, 6.45) is 0. The van der Waals surface area contributed by atoms with E-state index in [1.54, 1.807) is 21.0 Å². The molecule has 0 bridgehead atoms. The summed E-state index contributed by atoms with van der Waals surface area (Å²) in [6, 6.07) is -0.153. The number of rotatable bonds is 7. The lowest BCUT2D eigenvalue weighted by molar-refractivity contribution is -0.120. The van der Waals surface area contributed by atoms with E-state index in [0.29, 0.717) is 18.9 Å². The van der Waals surface area contributed by atoms with Crippen LogP contribution in [0.3, 0.4) is 0 Å². The van der Waals surface area contributed by atoms with Crippen LogP contribution in [-0.2, 0) is 20.3 Å². The highest BCUT2D eigenvalue weighted by molar-refractivity contribution is 7.86. The van der Waals surface area contributed by atoms with E-state index >= 15 is 0 Å². The SMILES string of the molecule is COCCNC(=O)C(C)S(=O)CC(C)N. The second kappa shape index (κ2) is 7.78. The number of nitrogens with one attached hydrogen (secondary N) is 1. The second-order valence-electron chi connectivity index (χ2n) is 3.45. The van der Waals surface area contributed by atoms with Crippen molar-refractivity contribution in [3.05, 3.63) is 0 Å². The molecule has 0 saturated carbocycles. The van der Waals surface area contributed by atoms with Crippen molar-refractivity contribution in [2.24, 2.45) is 5.73 Å². The molecule has 0 aromatic carbocycles. The first-order chi connectivity index (χ1) is 6.99. The van der Waals surface area contributed by atoms with Crippen LogP contribution in [0.1, 0.15) is 13.8 Å². The molecule has 0 aromatic heterocycles. The van der Waals surface area contributed by atoms with Crippen molar-refractivity contribution in [2.75, 3.05) is 26.0 Å². The zero-order valence-corrected chi connectivity index (χ0v) is 10.3. The molecule has 0 radical (unpaired) electrons. The normalized spacial score (nSPS) is 16.8. The molecule has 0 aromatic rings. The smallest absolute Gasteiger partial charge is 0.235 e. The number of methoxy groups -OCH3 is 1. The topological polar surface area (TPSA) is 81.4 Å². The first-order valence-corrected chi connectivity index (χ1v) is 6.26. The lowest BCUT2D eigenvalue weighted by Gasteiger charge is -2.13. The molecule has 0 aliphatic rings. The largest absolute Gasteiger partial charge is 0.383 e. The van der Waals surface area contributed by atoms with E-state index in [2.05, 4.69) is 5.32 Å². The third-order valence-electron chi connectivity index (χ3n) is 1.80. The molecule has 15 heavy (non-hydrogen) atoms. The Morgan fingerprint density at radius 1 is 1.53 bits per heavy atom. The van der Waals surface area contributed by atoms with Gasteiger partial charge in [0.2, 0.25) is 5.91 Å².